The quantitative estimate of drug-likeness (QED) is 0.341. The molecule has 0 amide bonds. The van der Waals surface area contributed by atoms with Gasteiger partial charge in [0.05, 0.1) is 0 Å². The second-order valence-corrected chi connectivity index (χ2v) is 10.6. The molecule has 2 heterocycles. The molecule has 4 aliphatic rings. The number of ether oxygens (including phenoxy) is 1. The van der Waals surface area contributed by atoms with Crippen molar-refractivity contribution in [1.29, 1.82) is 0 Å². The van der Waals surface area contributed by atoms with Gasteiger partial charge in [0, 0.05) is 63.8 Å². The number of halogens is 1. The summed E-state index contributed by atoms with van der Waals surface area (Å²) >= 11 is 2.10. The summed E-state index contributed by atoms with van der Waals surface area (Å²) < 4.78 is 5.93. The zero-order valence-electron chi connectivity index (χ0n) is 17.7. The number of thioether (sulfide) groups is 1. The lowest BCUT2D eigenvalue weighted by Crippen LogP contribution is -2.57. The molecule has 2 saturated heterocycles. The third-order valence-electron chi connectivity index (χ3n) is 7.42. The summed E-state index contributed by atoms with van der Waals surface area (Å²) in [6, 6.07) is 0.882. The van der Waals surface area contributed by atoms with Crippen molar-refractivity contribution in [1.82, 2.24) is 15.1 Å². The second-order valence-electron chi connectivity index (χ2n) is 8.89. The molecule has 3 atom stereocenters. The van der Waals surface area contributed by atoms with Crippen molar-refractivity contribution in [3.8, 4) is 0 Å². The van der Waals surface area contributed by atoms with Gasteiger partial charge in [-0.15, -0.1) is 24.0 Å². The van der Waals surface area contributed by atoms with Gasteiger partial charge < -0.3 is 15.0 Å². The van der Waals surface area contributed by atoms with E-state index in [-0.39, 0.29) is 24.0 Å². The topological polar surface area (TPSA) is 40.1 Å². The van der Waals surface area contributed by atoms with Crippen molar-refractivity contribution in [3.05, 3.63) is 0 Å². The zero-order valence-corrected chi connectivity index (χ0v) is 20.8. The first-order valence-electron chi connectivity index (χ1n) is 11.1. The lowest BCUT2D eigenvalue weighted by Gasteiger charge is -2.43. The molecule has 2 aliphatic heterocycles. The van der Waals surface area contributed by atoms with E-state index in [0.717, 1.165) is 69.5 Å². The molecule has 7 heteroatoms. The zero-order chi connectivity index (χ0) is 18.7. The van der Waals surface area contributed by atoms with E-state index in [1.54, 1.807) is 0 Å². The minimum Gasteiger partial charge on any atom is -0.381 e. The maximum absolute atomic E-state index is 5.61. The smallest absolute Gasteiger partial charge is 0.193 e. The lowest BCUT2D eigenvalue weighted by atomic mass is 9.93. The van der Waals surface area contributed by atoms with Gasteiger partial charge in [-0.2, -0.15) is 11.8 Å². The highest BCUT2D eigenvalue weighted by Crippen LogP contribution is 2.46. The van der Waals surface area contributed by atoms with Crippen LogP contribution in [0.4, 0.5) is 0 Å². The highest BCUT2D eigenvalue weighted by atomic mass is 127. The summed E-state index contributed by atoms with van der Waals surface area (Å²) in [6.45, 7) is 9.72. The summed E-state index contributed by atoms with van der Waals surface area (Å²) in [4.78, 5) is 9.89. The fourth-order valence-electron chi connectivity index (χ4n) is 5.92. The molecule has 0 aromatic rings. The molecule has 4 fully saturated rings. The Morgan fingerprint density at radius 1 is 1.14 bits per heavy atom. The maximum Gasteiger partial charge on any atom is 0.193 e. The van der Waals surface area contributed by atoms with Gasteiger partial charge in [0.1, 0.15) is 0 Å². The molecule has 3 unspecified atom stereocenters. The Labute approximate surface area is 192 Å². The van der Waals surface area contributed by atoms with E-state index in [9.17, 15) is 0 Å². The van der Waals surface area contributed by atoms with Gasteiger partial charge in [-0.1, -0.05) is 13.3 Å². The van der Waals surface area contributed by atoms with E-state index in [4.69, 9.17) is 4.74 Å². The van der Waals surface area contributed by atoms with Gasteiger partial charge in [-0.3, -0.25) is 9.89 Å². The molecule has 2 saturated carbocycles. The van der Waals surface area contributed by atoms with Crippen LogP contribution in [0.5, 0.6) is 0 Å². The van der Waals surface area contributed by atoms with Crippen LogP contribution in [-0.4, -0.2) is 85.3 Å². The Morgan fingerprint density at radius 3 is 2.46 bits per heavy atom. The molecule has 2 aliphatic carbocycles. The fourth-order valence-corrected chi connectivity index (χ4v) is 7.16. The summed E-state index contributed by atoms with van der Waals surface area (Å²) in [6.07, 6.45) is 8.26. The number of piperazine rings is 1. The minimum absolute atomic E-state index is 0. The Balaban J connectivity index is 0.00000225. The number of nitrogens with one attached hydrogen (secondary N) is 1. The molecular formula is C21H39IN4OS. The van der Waals surface area contributed by atoms with Crippen molar-refractivity contribution in [3.63, 3.8) is 0 Å². The van der Waals surface area contributed by atoms with Gasteiger partial charge >= 0.3 is 0 Å². The normalized spacial score (nSPS) is 33.0. The average molecular weight is 523 g/mol. The first kappa shape index (κ1) is 22.9. The molecule has 1 N–H and O–H groups in total. The first-order chi connectivity index (χ1) is 13.2. The monoisotopic (exact) mass is 522 g/mol. The van der Waals surface area contributed by atoms with Crippen LogP contribution in [0, 0.1) is 11.8 Å². The number of guanidine groups is 1. The van der Waals surface area contributed by atoms with Crippen molar-refractivity contribution in [2.45, 2.75) is 56.2 Å². The summed E-state index contributed by atoms with van der Waals surface area (Å²) in [5, 5.41) is 3.73. The van der Waals surface area contributed by atoms with E-state index in [1.807, 2.05) is 7.05 Å². The molecule has 0 spiro atoms. The third-order valence-corrected chi connectivity index (χ3v) is 8.87. The van der Waals surface area contributed by atoms with Crippen LogP contribution in [0.25, 0.3) is 0 Å². The largest absolute Gasteiger partial charge is 0.381 e. The number of hydrogen-bond donors (Lipinski definition) is 1. The van der Waals surface area contributed by atoms with E-state index in [1.165, 1.54) is 44.5 Å². The first-order valence-corrected chi connectivity index (χ1v) is 12.1. The number of rotatable bonds is 5. The number of aliphatic imine (C=N–C) groups is 1. The van der Waals surface area contributed by atoms with E-state index < -0.39 is 0 Å². The van der Waals surface area contributed by atoms with Crippen molar-refractivity contribution >= 4 is 41.7 Å². The Kier molecular flexibility index (Phi) is 8.63. The highest BCUT2D eigenvalue weighted by molar-refractivity contribution is 14.0. The van der Waals surface area contributed by atoms with Crippen molar-refractivity contribution in [2.24, 2.45) is 16.8 Å². The summed E-state index contributed by atoms with van der Waals surface area (Å²) in [5.74, 6) is 4.31. The molecule has 5 nitrogen and oxygen atoms in total. The van der Waals surface area contributed by atoms with Crippen LogP contribution >= 0.6 is 35.7 Å². The Hall–Kier alpha value is 0.270. The standard InChI is InChI=1S/C21H38N4OS.HI/c1-3-27-21(6-12-26-13-7-21)16-23-20(22-2)25-10-8-24(9-11-25)19-15-17-4-5-18(19)14-17;/h17-19H,3-16H2,1-2H3,(H,22,23);1H. The highest BCUT2D eigenvalue weighted by Gasteiger charge is 2.43. The predicted molar refractivity (Wildman–Crippen MR) is 130 cm³/mol. The van der Waals surface area contributed by atoms with Gasteiger partial charge in [0.2, 0.25) is 0 Å². The maximum atomic E-state index is 5.61. The van der Waals surface area contributed by atoms with Crippen molar-refractivity contribution in [2.75, 3.05) is 58.7 Å². The van der Waals surface area contributed by atoms with Crippen molar-refractivity contribution < 1.29 is 4.74 Å². The van der Waals surface area contributed by atoms with Crippen LogP contribution in [0.1, 0.15) is 45.4 Å². The average Bonchev–Trinajstić information content (AvgIpc) is 3.34. The number of fused-ring (bicyclic) bond motifs is 2. The van der Waals surface area contributed by atoms with Crippen LogP contribution in [0.3, 0.4) is 0 Å². The minimum atomic E-state index is 0. The van der Waals surface area contributed by atoms with Crippen LogP contribution < -0.4 is 5.32 Å². The molecule has 28 heavy (non-hydrogen) atoms. The Bertz CT molecular complexity index is 515. The van der Waals surface area contributed by atoms with E-state index >= 15 is 0 Å². The molecule has 162 valence electrons. The number of nitrogens with zero attached hydrogens (tertiary/aromatic N) is 3. The lowest BCUT2D eigenvalue weighted by molar-refractivity contribution is 0.0773. The summed E-state index contributed by atoms with van der Waals surface area (Å²) in [7, 11) is 1.94. The molecule has 0 aromatic heterocycles. The predicted octanol–water partition coefficient (Wildman–Crippen LogP) is 3.29. The third kappa shape index (κ3) is 5.11. The summed E-state index contributed by atoms with van der Waals surface area (Å²) in [5.41, 5.74) is 0. The van der Waals surface area contributed by atoms with Crippen LogP contribution in [0.2, 0.25) is 0 Å². The fraction of sp³-hybridized carbons (Fsp3) is 0.952. The van der Waals surface area contributed by atoms with Gasteiger partial charge in [0.25, 0.3) is 0 Å². The SMILES string of the molecule is CCSC1(CNC(=NC)N2CCN(C3CC4CCC3C4)CC2)CCOCC1.I. The van der Waals surface area contributed by atoms with Gasteiger partial charge in [0.15, 0.2) is 5.96 Å². The van der Waals surface area contributed by atoms with Gasteiger partial charge in [-0.05, 0) is 49.7 Å². The second kappa shape index (κ2) is 10.5. The molecule has 0 radical (unpaired) electrons. The van der Waals surface area contributed by atoms with E-state index in [2.05, 4.69) is 38.8 Å². The number of hydrogen-bond acceptors (Lipinski definition) is 4. The Morgan fingerprint density at radius 2 is 1.89 bits per heavy atom. The van der Waals surface area contributed by atoms with Gasteiger partial charge in [-0.25, -0.2) is 0 Å². The van der Waals surface area contributed by atoms with E-state index in [0.29, 0.717) is 4.75 Å². The molecule has 0 aromatic carbocycles. The van der Waals surface area contributed by atoms with Crippen LogP contribution in [-0.2, 0) is 4.74 Å². The van der Waals surface area contributed by atoms with Crippen LogP contribution in [0.15, 0.2) is 4.99 Å². The molecular weight excluding hydrogens is 483 g/mol. The molecule has 2 bridgehead atoms. The molecule has 4 rings (SSSR count).